The van der Waals surface area contributed by atoms with E-state index in [1.807, 2.05) is 31.2 Å². The molecule has 0 aliphatic heterocycles. The van der Waals surface area contributed by atoms with E-state index in [4.69, 9.17) is 4.42 Å². The number of oxazole rings is 1. The summed E-state index contributed by atoms with van der Waals surface area (Å²) in [5.74, 6) is 0.589. The molecule has 0 fully saturated rings. The Balaban J connectivity index is 1.49. The van der Waals surface area contributed by atoms with Crippen molar-refractivity contribution in [3.05, 3.63) is 66.3 Å². The van der Waals surface area contributed by atoms with Crippen molar-refractivity contribution >= 4 is 11.7 Å². The summed E-state index contributed by atoms with van der Waals surface area (Å²) in [5, 5.41) is 5.51. The van der Waals surface area contributed by atoms with E-state index < -0.39 is 0 Å². The highest BCUT2D eigenvalue weighted by Gasteiger charge is 2.07. The molecule has 2 N–H and O–H groups in total. The first kappa shape index (κ1) is 15.7. The van der Waals surface area contributed by atoms with Crippen LogP contribution in [0.3, 0.4) is 0 Å². The van der Waals surface area contributed by atoms with Gasteiger partial charge in [0.05, 0.1) is 5.69 Å². The molecule has 0 saturated carbocycles. The maximum atomic E-state index is 11.8. The first-order valence-corrected chi connectivity index (χ1v) is 7.67. The highest BCUT2D eigenvalue weighted by Crippen LogP contribution is 2.19. The minimum Gasteiger partial charge on any atom is -0.444 e. The first-order valence-electron chi connectivity index (χ1n) is 7.67. The fourth-order valence-corrected chi connectivity index (χ4v) is 2.17. The number of urea groups is 1. The van der Waals surface area contributed by atoms with Gasteiger partial charge in [0.2, 0.25) is 5.89 Å². The molecular weight excluding hydrogens is 304 g/mol. The molecule has 2 heterocycles. The highest BCUT2D eigenvalue weighted by atomic mass is 16.3. The third-order valence-corrected chi connectivity index (χ3v) is 3.46. The molecule has 6 nitrogen and oxygen atoms in total. The number of nitrogens with zero attached hydrogens (tertiary/aromatic N) is 2. The van der Waals surface area contributed by atoms with Gasteiger partial charge in [-0.3, -0.25) is 4.98 Å². The zero-order valence-corrected chi connectivity index (χ0v) is 13.3. The van der Waals surface area contributed by atoms with Crippen LogP contribution in [0.15, 0.2) is 59.5 Å². The van der Waals surface area contributed by atoms with Crippen LogP contribution in [0, 0.1) is 6.92 Å². The third kappa shape index (κ3) is 4.19. The summed E-state index contributed by atoms with van der Waals surface area (Å²) >= 11 is 0. The zero-order valence-electron chi connectivity index (χ0n) is 13.3. The molecule has 0 saturated heterocycles. The minimum atomic E-state index is -0.261. The lowest BCUT2D eigenvalue weighted by atomic mass is 10.1. The lowest BCUT2D eigenvalue weighted by Crippen LogP contribution is -2.30. The number of benzene rings is 1. The lowest BCUT2D eigenvalue weighted by Gasteiger charge is -2.06. The van der Waals surface area contributed by atoms with E-state index in [2.05, 4.69) is 20.6 Å². The number of aromatic nitrogens is 2. The maximum absolute atomic E-state index is 11.8. The van der Waals surface area contributed by atoms with Gasteiger partial charge in [0.1, 0.15) is 6.26 Å². The van der Waals surface area contributed by atoms with Crippen molar-refractivity contribution < 1.29 is 9.21 Å². The van der Waals surface area contributed by atoms with E-state index in [-0.39, 0.29) is 6.03 Å². The molecule has 0 spiro atoms. The predicted molar refractivity (Wildman–Crippen MR) is 91.6 cm³/mol. The topological polar surface area (TPSA) is 80.0 Å². The van der Waals surface area contributed by atoms with Crippen molar-refractivity contribution in [1.82, 2.24) is 15.3 Å². The molecule has 6 heteroatoms. The summed E-state index contributed by atoms with van der Waals surface area (Å²) in [5.41, 5.74) is 3.63. The smallest absolute Gasteiger partial charge is 0.319 e. The van der Waals surface area contributed by atoms with Crippen LogP contribution in [0.25, 0.3) is 11.5 Å². The monoisotopic (exact) mass is 322 g/mol. The minimum absolute atomic E-state index is 0.261. The van der Waals surface area contributed by atoms with Gasteiger partial charge in [-0.05, 0) is 31.2 Å². The van der Waals surface area contributed by atoms with E-state index in [9.17, 15) is 4.79 Å². The fraction of sp³-hybridized carbons (Fsp3) is 0.167. The Morgan fingerprint density at radius 3 is 2.62 bits per heavy atom. The SMILES string of the molecule is Cc1ccc(-c2nc(CCNC(=O)Nc3ccncc3)co2)cc1. The van der Waals surface area contributed by atoms with E-state index >= 15 is 0 Å². The van der Waals surface area contributed by atoms with E-state index in [0.29, 0.717) is 24.5 Å². The number of hydrogen-bond acceptors (Lipinski definition) is 4. The number of pyridine rings is 1. The Morgan fingerprint density at radius 1 is 1.12 bits per heavy atom. The van der Waals surface area contributed by atoms with Gasteiger partial charge in [0.15, 0.2) is 0 Å². The Hall–Kier alpha value is -3.15. The van der Waals surface area contributed by atoms with Crippen molar-refractivity contribution in [1.29, 1.82) is 0 Å². The van der Waals surface area contributed by atoms with Crippen LogP contribution >= 0.6 is 0 Å². The van der Waals surface area contributed by atoms with Crippen LogP contribution in [0.4, 0.5) is 10.5 Å². The number of amides is 2. The normalized spacial score (nSPS) is 10.4. The number of anilines is 1. The van der Waals surface area contributed by atoms with Gasteiger partial charge in [-0.2, -0.15) is 0 Å². The maximum Gasteiger partial charge on any atom is 0.319 e. The van der Waals surface area contributed by atoms with Gasteiger partial charge in [-0.1, -0.05) is 17.7 Å². The van der Waals surface area contributed by atoms with Crippen LogP contribution in [0.2, 0.25) is 0 Å². The molecular formula is C18H18N4O2. The van der Waals surface area contributed by atoms with E-state index in [0.717, 1.165) is 11.3 Å². The molecule has 0 radical (unpaired) electrons. The van der Waals surface area contributed by atoms with Crippen LogP contribution in [-0.4, -0.2) is 22.5 Å². The number of hydrogen-bond donors (Lipinski definition) is 2. The Bertz CT molecular complexity index is 797. The second kappa shape index (κ2) is 7.41. The highest BCUT2D eigenvalue weighted by molar-refractivity contribution is 5.89. The molecule has 0 atom stereocenters. The van der Waals surface area contributed by atoms with Crippen LogP contribution < -0.4 is 10.6 Å². The predicted octanol–water partition coefficient (Wildman–Crippen LogP) is 3.41. The molecule has 2 aromatic heterocycles. The molecule has 2 amide bonds. The molecule has 1 aromatic carbocycles. The van der Waals surface area contributed by atoms with Gasteiger partial charge in [0, 0.05) is 36.6 Å². The number of rotatable bonds is 5. The van der Waals surface area contributed by atoms with Crippen LogP contribution in [-0.2, 0) is 6.42 Å². The van der Waals surface area contributed by atoms with E-state index in [1.54, 1.807) is 30.8 Å². The summed E-state index contributed by atoms with van der Waals surface area (Å²) in [6, 6.07) is 11.2. The molecule has 122 valence electrons. The number of carbonyl (C=O) groups excluding carboxylic acids is 1. The Kier molecular flexibility index (Phi) is 4.86. The lowest BCUT2D eigenvalue weighted by molar-refractivity contribution is 0.252. The Labute approximate surface area is 140 Å². The number of aryl methyl sites for hydroxylation is 1. The number of carbonyl (C=O) groups is 1. The van der Waals surface area contributed by atoms with Crippen molar-refractivity contribution in [3.63, 3.8) is 0 Å². The second-order valence-electron chi connectivity index (χ2n) is 5.38. The first-order chi connectivity index (χ1) is 11.7. The average molecular weight is 322 g/mol. The summed E-state index contributed by atoms with van der Waals surface area (Å²) < 4.78 is 5.50. The molecule has 3 aromatic rings. The van der Waals surface area contributed by atoms with Crippen molar-refractivity contribution in [2.45, 2.75) is 13.3 Å². The third-order valence-electron chi connectivity index (χ3n) is 3.46. The fourth-order valence-electron chi connectivity index (χ4n) is 2.17. The molecule has 0 bridgehead atoms. The summed E-state index contributed by atoms with van der Waals surface area (Å²) in [4.78, 5) is 20.1. The molecule has 24 heavy (non-hydrogen) atoms. The van der Waals surface area contributed by atoms with Crippen molar-refractivity contribution in [2.75, 3.05) is 11.9 Å². The van der Waals surface area contributed by atoms with Crippen molar-refractivity contribution in [2.24, 2.45) is 0 Å². The Morgan fingerprint density at radius 2 is 1.88 bits per heavy atom. The average Bonchev–Trinajstić information content (AvgIpc) is 3.05. The van der Waals surface area contributed by atoms with Gasteiger partial charge >= 0.3 is 6.03 Å². The summed E-state index contributed by atoms with van der Waals surface area (Å²) in [6.45, 7) is 2.50. The van der Waals surface area contributed by atoms with Crippen LogP contribution in [0.5, 0.6) is 0 Å². The quantitative estimate of drug-likeness (QED) is 0.754. The summed E-state index contributed by atoms with van der Waals surface area (Å²) in [6.07, 6.45) is 5.46. The molecule has 0 aliphatic carbocycles. The van der Waals surface area contributed by atoms with Gasteiger partial charge < -0.3 is 15.1 Å². The number of nitrogens with one attached hydrogen (secondary N) is 2. The van der Waals surface area contributed by atoms with Gasteiger partial charge in [-0.15, -0.1) is 0 Å². The van der Waals surface area contributed by atoms with Crippen LogP contribution in [0.1, 0.15) is 11.3 Å². The van der Waals surface area contributed by atoms with Gasteiger partial charge in [0.25, 0.3) is 0 Å². The molecule has 0 unspecified atom stereocenters. The van der Waals surface area contributed by atoms with Crippen molar-refractivity contribution in [3.8, 4) is 11.5 Å². The zero-order chi connectivity index (χ0) is 16.8. The molecule has 0 aliphatic rings. The second-order valence-corrected chi connectivity index (χ2v) is 5.38. The largest absolute Gasteiger partial charge is 0.444 e. The van der Waals surface area contributed by atoms with Gasteiger partial charge in [-0.25, -0.2) is 9.78 Å². The molecule has 3 rings (SSSR count). The standard InChI is InChI=1S/C18H18N4O2/c1-13-2-4-14(5-3-13)17-21-16(12-24-17)8-11-20-18(23)22-15-6-9-19-10-7-15/h2-7,9-10,12H,8,11H2,1H3,(H2,19,20,22,23). The van der Waals surface area contributed by atoms with E-state index in [1.165, 1.54) is 5.56 Å². The summed E-state index contributed by atoms with van der Waals surface area (Å²) in [7, 11) is 0.